The van der Waals surface area contributed by atoms with Crippen LogP contribution in [0, 0.1) is 6.92 Å². The Morgan fingerprint density at radius 1 is 1.25 bits per heavy atom. The molecule has 0 saturated heterocycles. The molecule has 1 fully saturated rings. The number of benzene rings is 1. The van der Waals surface area contributed by atoms with Gasteiger partial charge in [0.25, 0.3) is 5.22 Å². The van der Waals surface area contributed by atoms with Gasteiger partial charge in [0.05, 0.1) is 5.75 Å². The van der Waals surface area contributed by atoms with Crippen molar-refractivity contribution in [3.8, 4) is 0 Å². The Balaban J connectivity index is 1.44. The van der Waals surface area contributed by atoms with Crippen molar-refractivity contribution in [1.29, 1.82) is 0 Å². The fourth-order valence-electron chi connectivity index (χ4n) is 2.97. The van der Waals surface area contributed by atoms with Crippen molar-refractivity contribution in [2.75, 3.05) is 5.75 Å². The highest BCUT2D eigenvalue weighted by molar-refractivity contribution is 7.99. The Bertz CT molecular complexity index is 680. The van der Waals surface area contributed by atoms with Crippen LogP contribution in [-0.4, -0.2) is 21.9 Å². The summed E-state index contributed by atoms with van der Waals surface area (Å²) in [5, 5.41) is 11.6. The highest BCUT2D eigenvalue weighted by Crippen LogP contribution is 2.32. The van der Waals surface area contributed by atoms with E-state index in [1.807, 2.05) is 31.2 Å². The third-order valence-corrected chi connectivity index (χ3v) is 5.26. The molecule has 2 aromatic rings. The van der Waals surface area contributed by atoms with Crippen LogP contribution < -0.4 is 5.32 Å². The normalized spacial score (nSPS) is 15.4. The molecule has 1 aromatic carbocycles. The molecule has 1 N–H and O–H groups in total. The molecule has 0 aliphatic heterocycles. The second-order valence-electron chi connectivity index (χ2n) is 6.23. The minimum atomic E-state index is -0.0272. The first-order valence-corrected chi connectivity index (χ1v) is 9.48. The maximum atomic E-state index is 12.0. The molecule has 5 nitrogen and oxygen atoms in total. The van der Waals surface area contributed by atoms with Crippen molar-refractivity contribution in [3.05, 3.63) is 41.3 Å². The van der Waals surface area contributed by atoms with Crippen LogP contribution in [0.5, 0.6) is 0 Å². The summed E-state index contributed by atoms with van der Waals surface area (Å²) in [6.45, 7) is 2.59. The van der Waals surface area contributed by atoms with Gasteiger partial charge in [-0.2, -0.15) is 0 Å². The molecule has 0 radical (unpaired) electrons. The Kier molecular flexibility index (Phi) is 5.91. The first-order valence-electron chi connectivity index (χ1n) is 8.50. The lowest BCUT2D eigenvalue weighted by Gasteiger charge is -2.17. The third-order valence-electron chi connectivity index (χ3n) is 4.44. The summed E-state index contributed by atoms with van der Waals surface area (Å²) >= 11 is 1.30. The predicted octanol–water partition coefficient (Wildman–Crippen LogP) is 3.83. The number of hydrogen-bond acceptors (Lipinski definition) is 5. The van der Waals surface area contributed by atoms with Gasteiger partial charge in [0.15, 0.2) is 0 Å². The standard InChI is InChI=1S/C18H23N3O2S/c1-13-7-5-6-10-15(13)11-19-16(22)12-24-18-21-20-17(23-18)14-8-3-2-4-9-14/h5-7,10,14H,2-4,8-9,11-12H2,1H3,(H,19,22). The van der Waals surface area contributed by atoms with Gasteiger partial charge in [0.1, 0.15) is 0 Å². The number of carbonyl (C=O) groups excluding carboxylic acids is 1. The van der Waals surface area contributed by atoms with E-state index in [2.05, 4.69) is 15.5 Å². The number of thioether (sulfide) groups is 1. The summed E-state index contributed by atoms with van der Waals surface area (Å²) in [5.41, 5.74) is 2.31. The van der Waals surface area contributed by atoms with Gasteiger partial charge in [-0.05, 0) is 30.9 Å². The number of rotatable bonds is 6. The molecule has 1 aromatic heterocycles. The molecule has 6 heteroatoms. The minimum Gasteiger partial charge on any atom is -0.416 e. The zero-order valence-electron chi connectivity index (χ0n) is 14.0. The molecule has 1 aliphatic carbocycles. The van der Waals surface area contributed by atoms with Crippen LogP contribution in [0.25, 0.3) is 0 Å². The number of nitrogens with one attached hydrogen (secondary N) is 1. The molecule has 1 heterocycles. The monoisotopic (exact) mass is 345 g/mol. The zero-order valence-corrected chi connectivity index (χ0v) is 14.8. The van der Waals surface area contributed by atoms with Gasteiger partial charge >= 0.3 is 0 Å². The molecule has 1 aliphatic rings. The smallest absolute Gasteiger partial charge is 0.277 e. The van der Waals surface area contributed by atoms with Gasteiger partial charge in [-0.15, -0.1) is 10.2 Å². The molecule has 0 spiro atoms. The summed E-state index contributed by atoms with van der Waals surface area (Å²) in [6, 6.07) is 8.04. The quantitative estimate of drug-likeness (QED) is 0.806. The fourth-order valence-corrected chi connectivity index (χ4v) is 3.57. The molecule has 0 atom stereocenters. The van der Waals surface area contributed by atoms with E-state index in [4.69, 9.17) is 4.42 Å². The average Bonchev–Trinajstić information content (AvgIpc) is 3.09. The summed E-state index contributed by atoms with van der Waals surface area (Å²) in [7, 11) is 0. The van der Waals surface area contributed by atoms with E-state index >= 15 is 0 Å². The SMILES string of the molecule is Cc1ccccc1CNC(=O)CSc1nnc(C2CCCCC2)o1. The van der Waals surface area contributed by atoms with Crippen molar-refractivity contribution in [3.63, 3.8) is 0 Å². The van der Waals surface area contributed by atoms with Crippen LogP contribution >= 0.6 is 11.8 Å². The zero-order chi connectivity index (χ0) is 16.8. The van der Waals surface area contributed by atoms with Crippen LogP contribution in [0.4, 0.5) is 0 Å². The van der Waals surface area contributed by atoms with E-state index in [1.54, 1.807) is 0 Å². The van der Waals surface area contributed by atoms with E-state index in [-0.39, 0.29) is 11.7 Å². The predicted molar refractivity (Wildman–Crippen MR) is 93.9 cm³/mol. The van der Waals surface area contributed by atoms with Gasteiger partial charge in [-0.25, -0.2) is 0 Å². The maximum Gasteiger partial charge on any atom is 0.277 e. The van der Waals surface area contributed by atoms with E-state index in [0.29, 0.717) is 17.7 Å². The van der Waals surface area contributed by atoms with Gasteiger partial charge in [-0.1, -0.05) is 55.3 Å². The van der Waals surface area contributed by atoms with Crippen LogP contribution in [0.1, 0.15) is 55.0 Å². The van der Waals surface area contributed by atoms with Crippen molar-refractivity contribution in [1.82, 2.24) is 15.5 Å². The number of amides is 1. The number of nitrogens with zero attached hydrogens (tertiary/aromatic N) is 2. The van der Waals surface area contributed by atoms with Crippen molar-refractivity contribution in [2.45, 2.75) is 56.7 Å². The molecule has 128 valence electrons. The number of aryl methyl sites for hydroxylation is 1. The molecule has 1 amide bonds. The summed E-state index contributed by atoms with van der Waals surface area (Å²) in [5.74, 6) is 1.40. The van der Waals surface area contributed by atoms with Crippen LogP contribution in [-0.2, 0) is 11.3 Å². The molecule has 0 unspecified atom stereocenters. The first kappa shape index (κ1) is 17.0. The Morgan fingerprint density at radius 2 is 2.04 bits per heavy atom. The maximum absolute atomic E-state index is 12.0. The highest BCUT2D eigenvalue weighted by Gasteiger charge is 2.21. The largest absolute Gasteiger partial charge is 0.416 e. The molecule has 3 rings (SSSR count). The first-order chi connectivity index (χ1) is 11.7. The molecule has 0 bridgehead atoms. The molecule has 1 saturated carbocycles. The van der Waals surface area contributed by atoms with E-state index < -0.39 is 0 Å². The molecular formula is C18H23N3O2S. The number of hydrogen-bond donors (Lipinski definition) is 1. The molecular weight excluding hydrogens is 322 g/mol. The van der Waals surface area contributed by atoms with Crippen LogP contribution in [0.2, 0.25) is 0 Å². The van der Waals surface area contributed by atoms with E-state index in [0.717, 1.165) is 24.3 Å². The second-order valence-corrected chi connectivity index (χ2v) is 7.16. The Morgan fingerprint density at radius 3 is 2.83 bits per heavy atom. The van der Waals surface area contributed by atoms with Crippen molar-refractivity contribution >= 4 is 17.7 Å². The average molecular weight is 345 g/mol. The van der Waals surface area contributed by atoms with Gasteiger partial charge < -0.3 is 9.73 Å². The van der Waals surface area contributed by atoms with Crippen molar-refractivity contribution in [2.24, 2.45) is 0 Å². The summed E-state index contributed by atoms with van der Waals surface area (Å²) in [4.78, 5) is 12.0. The lowest BCUT2D eigenvalue weighted by molar-refractivity contribution is -0.118. The van der Waals surface area contributed by atoms with E-state index in [1.165, 1.54) is 36.6 Å². The van der Waals surface area contributed by atoms with Gasteiger partial charge in [-0.3, -0.25) is 4.79 Å². The van der Waals surface area contributed by atoms with Crippen molar-refractivity contribution < 1.29 is 9.21 Å². The number of carbonyl (C=O) groups is 1. The Hall–Kier alpha value is -1.82. The lowest BCUT2D eigenvalue weighted by Crippen LogP contribution is -2.24. The van der Waals surface area contributed by atoms with Gasteiger partial charge in [0.2, 0.25) is 11.8 Å². The molecule has 24 heavy (non-hydrogen) atoms. The van der Waals surface area contributed by atoms with E-state index in [9.17, 15) is 4.79 Å². The second kappa shape index (κ2) is 8.33. The van der Waals surface area contributed by atoms with Crippen LogP contribution in [0.15, 0.2) is 33.9 Å². The summed E-state index contributed by atoms with van der Waals surface area (Å²) < 4.78 is 5.72. The van der Waals surface area contributed by atoms with Gasteiger partial charge in [0, 0.05) is 12.5 Å². The minimum absolute atomic E-state index is 0.0272. The number of aromatic nitrogens is 2. The Labute approximate surface area is 146 Å². The highest BCUT2D eigenvalue weighted by atomic mass is 32.2. The lowest BCUT2D eigenvalue weighted by atomic mass is 9.89. The fraction of sp³-hybridized carbons (Fsp3) is 0.500. The topological polar surface area (TPSA) is 68.0 Å². The third kappa shape index (κ3) is 4.60. The van der Waals surface area contributed by atoms with Crippen LogP contribution in [0.3, 0.4) is 0 Å². The summed E-state index contributed by atoms with van der Waals surface area (Å²) in [6.07, 6.45) is 6.02.